The second-order valence-electron chi connectivity index (χ2n) is 9.15. The molecule has 1 aromatic carbocycles. The number of likely N-dealkylation sites (tertiary alicyclic amines) is 1. The van der Waals surface area contributed by atoms with Crippen LogP contribution in [0.2, 0.25) is 0 Å². The largest absolute Gasteiger partial charge is 0.448 e. The van der Waals surface area contributed by atoms with Gasteiger partial charge in [-0.15, -0.1) is 0 Å². The van der Waals surface area contributed by atoms with Crippen LogP contribution in [-0.2, 0) is 11.2 Å². The molecule has 1 atom stereocenters. The summed E-state index contributed by atoms with van der Waals surface area (Å²) < 4.78 is 32.2. The number of carbonyl (C=O) groups is 1. The molecule has 2 aliphatic heterocycles. The molecule has 0 spiro atoms. The Morgan fingerprint density at radius 2 is 2.13 bits per heavy atom. The summed E-state index contributed by atoms with van der Waals surface area (Å²) >= 11 is 0. The third kappa shape index (κ3) is 4.31. The van der Waals surface area contributed by atoms with E-state index in [4.69, 9.17) is 4.74 Å². The number of nitrogens with zero attached hydrogens (tertiary/aromatic N) is 2. The van der Waals surface area contributed by atoms with Crippen molar-refractivity contribution in [2.24, 2.45) is 5.92 Å². The van der Waals surface area contributed by atoms with Crippen LogP contribution in [0.15, 0.2) is 18.2 Å². The van der Waals surface area contributed by atoms with Crippen molar-refractivity contribution in [2.75, 3.05) is 32.8 Å². The zero-order chi connectivity index (χ0) is 21.5. The lowest BCUT2D eigenvalue weighted by Gasteiger charge is -2.36. The molecule has 1 unspecified atom stereocenters. The molecule has 4 rings (SSSR count). The summed E-state index contributed by atoms with van der Waals surface area (Å²) in [6, 6.07) is 6.33. The van der Waals surface area contributed by atoms with Crippen molar-refractivity contribution in [3.8, 4) is 0 Å². The van der Waals surface area contributed by atoms with Crippen molar-refractivity contribution in [1.82, 2.24) is 14.8 Å². The molecule has 1 saturated heterocycles. The highest BCUT2D eigenvalue weighted by molar-refractivity contribution is 5.86. The van der Waals surface area contributed by atoms with E-state index in [-0.39, 0.29) is 31.7 Å². The molecule has 5 nitrogen and oxygen atoms in total. The van der Waals surface area contributed by atoms with Crippen LogP contribution in [0.25, 0.3) is 10.9 Å². The van der Waals surface area contributed by atoms with E-state index >= 15 is 0 Å². The average Bonchev–Trinajstić information content (AvgIpc) is 3.21. The van der Waals surface area contributed by atoms with Gasteiger partial charge >= 0.3 is 6.09 Å². The molecule has 30 heavy (non-hydrogen) atoms. The third-order valence-corrected chi connectivity index (χ3v) is 6.22. The summed E-state index contributed by atoms with van der Waals surface area (Å²) in [7, 11) is 0. The zero-order valence-corrected chi connectivity index (χ0v) is 18.0. The number of aromatic amines is 1. The monoisotopic (exact) mass is 419 g/mol. The van der Waals surface area contributed by atoms with E-state index in [1.807, 2.05) is 4.90 Å². The second-order valence-corrected chi connectivity index (χ2v) is 9.15. The van der Waals surface area contributed by atoms with Crippen molar-refractivity contribution < 1.29 is 18.3 Å². The number of ether oxygens (including phenoxy) is 1. The van der Waals surface area contributed by atoms with Gasteiger partial charge in [0.25, 0.3) is 5.92 Å². The number of carbonyl (C=O) groups excluding carboxylic acids is 1. The fourth-order valence-electron chi connectivity index (χ4n) is 4.73. The van der Waals surface area contributed by atoms with Gasteiger partial charge in [-0.1, -0.05) is 25.5 Å². The predicted molar refractivity (Wildman–Crippen MR) is 113 cm³/mol. The Bertz CT molecular complexity index is 925. The summed E-state index contributed by atoms with van der Waals surface area (Å²) in [5.41, 5.74) is 4.72. The first-order valence-corrected chi connectivity index (χ1v) is 10.9. The molecule has 164 valence electrons. The number of fused-ring (bicyclic) bond motifs is 3. The van der Waals surface area contributed by atoms with E-state index in [0.717, 1.165) is 24.1 Å². The summed E-state index contributed by atoms with van der Waals surface area (Å²) in [6.07, 6.45) is 1.14. The van der Waals surface area contributed by atoms with E-state index in [2.05, 4.69) is 44.0 Å². The molecule has 2 aliphatic rings. The molecular formula is C23H31F2N3O2. The van der Waals surface area contributed by atoms with Crippen LogP contribution in [0.3, 0.4) is 0 Å². The Labute approximate surface area is 176 Å². The number of rotatable bonds is 5. The quantitative estimate of drug-likeness (QED) is 0.750. The first kappa shape index (κ1) is 21.1. The smallest absolute Gasteiger partial charge is 0.410 e. The Morgan fingerprint density at radius 3 is 2.83 bits per heavy atom. The maximum absolute atomic E-state index is 13.3. The molecule has 7 heteroatoms. The molecule has 2 aromatic rings. The zero-order valence-electron chi connectivity index (χ0n) is 18.0. The maximum atomic E-state index is 13.3. The van der Waals surface area contributed by atoms with Crippen LogP contribution < -0.4 is 0 Å². The Balaban J connectivity index is 1.47. The normalized spacial score (nSPS) is 21.4. The van der Waals surface area contributed by atoms with Gasteiger partial charge in [-0.3, -0.25) is 9.80 Å². The van der Waals surface area contributed by atoms with E-state index in [1.54, 1.807) is 4.90 Å². The summed E-state index contributed by atoms with van der Waals surface area (Å²) in [5, 5.41) is 1.24. The first-order valence-electron chi connectivity index (χ1n) is 10.9. The van der Waals surface area contributed by atoms with Gasteiger partial charge in [0, 0.05) is 42.7 Å². The first-order chi connectivity index (χ1) is 14.2. The van der Waals surface area contributed by atoms with Crippen LogP contribution in [0.5, 0.6) is 0 Å². The number of aryl methyl sites for hydroxylation is 1. The van der Waals surface area contributed by atoms with Crippen LogP contribution in [0, 0.1) is 12.8 Å². The van der Waals surface area contributed by atoms with Crippen molar-refractivity contribution >= 4 is 17.0 Å². The predicted octanol–water partition coefficient (Wildman–Crippen LogP) is 4.90. The molecule has 1 aromatic heterocycles. The second kappa shape index (κ2) is 8.17. The lowest BCUT2D eigenvalue weighted by molar-refractivity contribution is 0.00968. The van der Waals surface area contributed by atoms with E-state index in [1.165, 1.54) is 16.5 Å². The SMILES string of the molecule is Cc1ccc2[nH]c3c(c2c1)CCN(C(=O)OCCN1CCC(F)(F)C1)C3CC(C)C. The number of alkyl halides is 2. The number of aromatic nitrogens is 1. The van der Waals surface area contributed by atoms with Crippen LogP contribution >= 0.6 is 0 Å². The summed E-state index contributed by atoms with van der Waals surface area (Å²) in [5.74, 6) is -2.21. The number of hydrogen-bond acceptors (Lipinski definition) is 3. The third-order valence-electron chi connectivity index (χ3n) is 6.22. The van der Waals surface area contributed by atoms with Gasteiger partial charge < -0.3 is 9.72 Å². The van der Waals surface area contributed by atoms with Crippen LogP contribution in [-0.4, -0.2) is 59.6 Å². The molecule has 0 bridgehead atoms. The fraction of sp³-hybridized carbons (Fsp3) is 0.609. The van der Waals surface area contributed by atoms with Crippen molar-refractivity contribution in [1.29, 1.82) is 0 Å². The van der Waals surface area contributed by atoms with Crippen molar-refractivity contribution in [3.63, 3.8) is 0 Å². The molecule has 0 saturated carbocycles. The maximum Gasteiger partial charge on any atom is 0.410 e. The Kier molecular flexibility index (Phi) is 5.75. The minimum Gasteiger partial charge on any atom is -0.448 e. The fourth-order valence-corrected chi connectivity index (χ4v) is 4.73. The lowest BCUT2D eigenvalue weighted by atomic mass is 9.91. The van der Waals surface area contributed by atoms with Gasteiger partial charge in [0.15, 0.2) is 0 Å². The van der Waals surface area contributed by atoms with Crippen LogP contribution in [0.4, 0.5) is 13.6 Å². The minimum absolute atomic E-state index is 0.0647. The number of nitrogens with one attached hydrogen (secondary N) is 1. The molecular weight excluding hydrogens is 388 g/mol. The number of H-pyrrole nitrogens is 1. The highest BCUT2D eigenvalue weighted by Gasteiger charge is 2.38. The number of hydrogen-bond donors (Lipinski definition) is 1. The minimum atomic E-state index is -2.62. The lowest BCUT2D eigenvalue weighted by Crippen LogP contribution is -2.41. The highest BCUT2D eigenvalue weighted by Crippen LogP contribution is 2.38. The standard InChI is InChI=1S/C23H31F2N3O2/c1-15(2)12-20-21-17(18-13-16(3)4-5-19(18)26-21)6-8-28(20)22(29)30-11-10-27-9-7-23(24,25)14-27/h4-5,13,15,20,26H,6-12,14H2,1-3H3. The average molecular weight is 420 g/mol. The van der Waals surface area contributed by atoms with Gasteiger partial charge in [-0.2, -0.15) is 0 Å². The van der Waals surface area contributed by atoms with Gasteiger partial charge in [0.05, 0.1) is 12.6 Å². The van der Waals surface area contributed by atoms with Gasteiger partial charge in [0.1, 0.15) is 6.61 Å². The van der Waals surface area contributed by atoms with E-state index in [9.17, 15) is 13.6 Å². The summed E-state index contributed by atoms with van der Waals surface area (Å²) in [6.45, 7) is 7.58. The molecule has 1 N–H and O–H groups in total. The topological polar surface area (TPSA) is 48.6 Å². The molecule has 1 fully saturated rings. The van der Waals surface area contributed by atoms with Gasteiger partial charge in [0.2, 0.25) is 0 Å². The van der Waals surface area contributed by atoms with Gasteiger partial charge in [-0.05, 0) is 43.4 Å². The highest BCUT2D eigenvalue weighted by atomic mass is 19.3. The molecule has 0 radical (unpaired) electrons. The Hall–Kier alpha value is -2.15. The number of halogens is 2. The molecule has 3 heterocycles. The van der Waals surface area contributed by atoms with Crippen LogP contribution in [0.1, 0.15) is 49.6 Å². The number of benzene rings is 1. The summed E-state index contributed by atoms with van der Waals surface area (Å²) in [4.78, 5) is 19.9. The van der Waals surface area contributed by atoms with Crippen molar-refractivity contribution in [3.05, 3.63) is 35.0 Å². The van der Waals surface area contributed by atoms with Gasteiger partial charge in [-0.25, -0.2) is 13.6 Å². The van der Waals surface area contributed by atoms with E-state index < -0.39 is 5.92 Å². The van der Waals surface area contributed by atoms with Crippen molar-refractivity contribution in [2.45, 2.75) is 52.0 Å². The molecule has 0 aliphatic carbocycles. The van der Waals surface area contributed by atoms with E-state index in [0.29, 0.717) is 25.6 Å². The molecule has 1 amide bonds. The number of amides is 1. The Morgan fingerprint density at radius 1 is 1.33 bits per heavy atom.